The predicted molar refractivity (Wildman–Crippen MR) is 78.2 cm³/mol. The van der Waals surface area contributed by atoms with Crippen molar-refractivity contribution >= 4 is 39.7 Å². The molecule has 0 aliphatic carbocycles. The van der Waals surface area contributed by atoms with Crippen LogP contribution in [0.1, 0.15) is 6.92 Å². The maximum atomic E-state index is 6.11. The molecule has 0 fully saturated rings. The lowest BCUT2D eigenvalue weighted by atomic mass is 10.2. The summed E-state index contributed by atoms with van der Waals surface area (Å²) in [7, 11) is 0. The molecule has 1 heterocycles. The van der Waals surface area contributed by atoms with E-state index in [1.807, 2.05) is 25.1 Å². The van der Waals surface area contributed by atoms with Crippen LogP contribution in [0.25, 0.3) is 10.9 Å². The minimum Gasteiger partial charge on any atom is -0.491 e. The van der Waals surface area contributed by atoms with E-state index in [2.05, 4.69) is 4.98 Å². The number of pyridine rings is 1. The summed E-state index contributed by atoms with van der Waals surface area (Å²) < 4.78 is 5.71. The molecule has 1 aromatic heterocycles. The maximum absolute atomic E-state index is 6.11. The first kappa shape index (κ1) is 13.1. The van der Waals surface area contributed by atoms with E-state index >= 15 is 0 Å². The van der Waals surface area contributed by atoms with Crippen molar-refractivity contribution in [3.63, 3.8) is 0 Å². The molecule has 2 aromatic rings. The number of nitrogens with two attached hydrogens (primary N) is 1. The first-order valence-electron chi connectivity index (χ1n) is 5.55. The van der Waals surface area contributed by atoms with Crippen LogP contribution >= 0.6 is 23.8 Å². The molecule has 1 aromatic carbocycles. The molecule has 1 unspecified atom stereocenters. The molecule has 0 spiro atoms. The Morgan fingerprint density at radius 3 is 3.00 bits per heavy atom. The Kier molecular flexibility index (Phi) is 3.99. The molecular weight excluding hydrogens is 268 g/mol. The van der Waals surface area contributed by atoms with Crippen LogP contribution in [-0.2, 0) is 0 Å². The highest BCUT2D eigenvalue weighted by Crippen LogP contribution is 2.29. The molecule has 0 bridgehead atoms. The molecule has 94 valence electrons. The van der Waals surface area contributed by atoms with Crippen LogP contribution < -0.4 is 10.5 Å². The number of hydrogen-bond donors (Lipinski definition) is 1. The number of fused-ring (bicyclic) bond motifs is 1. The first-order chi connectivity index (χ1) is 8.59. The minimum atomic E-state index is 0.0226. The van der Waals surface area contributed by atoms with E-state index in [-0.39, 0.29) is 5.92 Å². The highest BCUT2D eigenvalue weighted by atomic mass is 35.5. The zero-order valence-corrected chi connectivity index (χ0v) is 11.5. The van der Waals surface area contributed by atoms with E-state index in [1.165, 1.54) is 0 Å². The SMILES string of the molecule is CC(COc1ccc(Cl)c2cccnc12)C(N)=S. The Labute approximate surface area is 116 Å². The number of thiocarbonyl (C=S) groups is 1. The lowest BCUT2D eigenvalue weighted by Crippen LogP contribution is -2.24. The molecule has 2 N–H and O–H groups in total. The highest BCUT2D eigenvalue weighted by Gasteiger charge is 2.10. The summed E-state index contributed by atoms with van der Waals surface area (Å²) in [5.41, 5.74) is 6.30. The fourth-order valence-corrected chi connectivity index (χ4v) is 1.81. The van der Waals surface area contributed by atoms with E-state index < -0.39 is 0 Å². The van der Waals surface area contributed by atoms with Gasteiger partial charge >= 0.3 is 0 Å². The van der Waals surface area contributed by atoms with Crippen LogP contribution in [0.4, 0.5) is 0 Å². The fraction of sp³-hybridized carbons (Fsp3) is 0.231. The normalized spacial score (nSPS) is 12.3. The Morgan fingerprint density at radius 2 is 2.28 bits per heavy atom. The molecule has 5 heteroatoms. The number of nitrogens with zero attached hydrogens (tertiary/aromatic N) is 1. The molecule has 0 aliphatic heterocycles. The van der Waals surface area contributed by atoms with Crippen LogP contribution in [0, 0.1) is 5.92 Å². The molecule has 0 saturated heterocycles. The summed E-state index contributed by atoms with van der Waals surface area (Å²) in [6.07, 6.45) is 1.71. The van der Waals surface area contributed by atoms with E-state index in [9.17, 15) is 0 Å². The van der Waals surface area contributed by atoms with Crippen molar-refractivity contribution in [3.8, 4) is 5.75 Å². The lowest BCUT2D eigenvalue weighted by Gasteiger charge is -2.13. The summed E-state index contributed by atoms with van der Waals surface area (Å²) in [4.78, 5) is 4.74. The van der Waals surface area contributed by atoms with E-state index in [4.69, 9.17) is 34.3 Å². The van der Waals surface area contributed by atoms with Crippen LogP contribution in [0.5, 0.6) is 5.75 Å². The summed E-state index contributed by atoms with van der Waals surface area (Å²) >= 11 is 11.0. The molecule has 0 aliphatic rings. The largest absolute Gasteiger partial charge is 0.491 e. The number of benzene rings is 1. The average Bonchev–Trinajstić information content (AvgIpc) is 2.38. The standard InChI is InChI=1S/C13H13ClN2OS/c1-8(13(15)18)7-17-11-5-4-10(14)9-3-2-6-16-12(9)11/h2-6,8H,7H2,1H3,(H2,15,18). The number of hydrogen-bond acceptors (Lipinski definition) is 3. The average molecular weight is 281 g/mol. The van der Waals surface area contributed by atoms with Gasteiger partial charge in [0, 0.05) is 17.5 Å². The smallest absolute Gasteiger partial charge is 0.145 e. The second-order valence-electron chi connectivity index (χ2n) is 4.06. The van der Waals surface area contributed by atoms with Crippen molar-refractivity contribution in [2.75, 3.05) is 6.61 Å². The van der Waals surface area contributed by atoms with E-state index in [1.54, 1.807) is 12.3 Å². The first-order valence-corrected chi connectivity index (χ1v) is 6.33. The van der Waals surface area contributed by atoms with Crippen LogP contribution in [0.3, 0.4) is 0 Å². The van der Waals surface area contributed by atoms with Gasteiger partial charge in [-0.3, -0.25) is 4.98 Å². The van der Waals surface area contributed by atoms with Crippen LogP contribution in [0.2, 0.25) is 5.02 Å². The van der Waals surface area contributed by atoms with Crippen molar-refractivity contribution in [3.05, 3.63) is 35.5 Å². The van der Waals surface area contributed by atoms with Crippen molar-refractivity contribution in [2.45, 2.75) is 6.92 Å². The third kappa shape index (κ3) is 2.71. The van der Waals surface area contributed by atoms with Gasteiger partial charge in [-0.15, -0.1) is 0 Å². The summed E-state index contributed by atoms with van der Waals surface area (Å²) in [5, 5.41) is 1.53. The van der Waals surface area contributed by atoms with E-state index in [0.717, 1.165) is 10.9 Å². The number of halogens is 1. The number of rotatable bonds is 4. The monoisotopic (exact) mass is 280 g/mol. The van der Waals surface area contributed by atoms with Gasteiger partial charge in [0.2, 0.25) is 0 Å². The summed E-state index contributed by atoms with van der Waals surface area (Å²) in [5.74, 6) is 0.715. The van der Waals surface area contributed by atoms with Gasteiger partial charge in [-0.2, -0.15) is 0 Å². The Bertz CT molecular complexity index is 588. The molecule has 18 heavy (non-hydrogen) atoms. The topological polar surface area (TPSA) is 48.1 Å². The van der Waals surface area contributed by atoms with Gasteiger partial charge in [-0.05, 0) is 24.3 Å². The Hall–Kier alpha value is -1.39. The summed E-state index contributed by atoms with van der Waals surface area (Å²) in [6.45, 7) is 2.36. The molecule has 1 atom stereocenters. The van der Waals surface area contributed by atoms with Gasteiger partial charge in [-0.1, -0.05) is 30.7 Å². The van der Waals surface area contributed by atoms with Gasteiger partial charge in [-0.25, -0.2) is 0 Å². The molecule has 3 nitrogen and oxygen atoms in total. The zero-order valence-electron chi connectivity index (χ0n) is 9.89. The second kappa shape index (κ2) is 5.50. The number of aromatic nitrogens is 1. The number of ether oxygens (including phenoxy) is 1. The third-order valence-corrected chi connectivity index (χ3v) is 3.39. The third-order valence-electron chi connectivity index (χ3n) is 2.65. The predicted octanol–water partition coefficient (Wildman–Crippen LogP) is 3.19. The lowest BCUT2D eigenvalue weighted by molar-refractivity contribution is 0.296. The van der Waals surface area contributed by atoms with Gasteiger partial charge in [0.1, 0.15) is 11.3 Å². The minimum absolute atomic E-state index is 0.0226. The fourth-order valence-electron chi connectivity index (χ4n) is 1.53. The van der Waals surface area contributed by atoms with Crippen molar-refractivity contribution in [2.24, 2.45) is 11.7 Å². The van der Waals surface area contributed by atoms with Gasteiger partial charge in [0.05, 0.1) is 16.6 Å². The molecule has 0 saturated carbocycles. The van der Waals surface area contributed by atoms with Crippen molar-refractivity contribution < 1.29 is 4.74 Å². The van der Waals surface area contributed by atoms with Crippen molar-refractivity contribution in [1.82, 2.24) is 4.98 Å². The maximum Gasteiger partial charge on any atom is 0.145 e. The molecular formula is C13H13ClN2OS. The van der Waals surface area contributed by atoms with Crippen LogP contribution in [-0.4, -0.2) is 16.6 Å². The Morgan fingerprint density at radius 1 is 1.50 bits per heavy atom. The highest BCUT2D eigenvalue weighted by molar-refractivity contribution is 7.80. The molecule has 0 amide bonds. The Balaban J connectivity index is 2.29. The van der Waals surface area contributed by atoms with Crippen molar-refractivity contribution in [1.29, 1.82) is 0 Å². The molecule has 0 radical (unpaired) electrons. The molecule has 2 rings (SSSR count). The van der Waals surface area contributed by atoms with E-state index in [0.29, 0.717) is 22.4 Å². The summed E-state index contributed by atoms with van der Waals surface area (Å²) in [6, 6.07) is 7.36. The van der Waals surface area contributed by atoms with Gasteiger partial charge in [0.25, 0.3) is 0 Å². The van der Waals surface area contributed by atoms with Gasteiger partial charge in [0.15, 0.2) is 0 Å². The quantitative estimate of drug-likeness (QED) is 0.874. The second-order valence-corrected chi connectivity index (χ2v) is 4.94. The zero-order chi connectivity index (χ0) is 13.1. The van der Waals surface area contributed by atoms with Gasteiger partial charge < -0.3 is 10.5 Å². The van der Waals surface area contributed by atoms with Crippen LogP contribution in [0.15, 0.2) is 30.5 Å².